The minimum Gasteiger partial charge on any atom is -0.469 e. The fourth-order valence-electron chi connectivity index (χ4n) is 3.08. The van der Waals surface area contributed by atoms with Crippen molar-refractivity contribution in [1.29, 1.82) is 0 Å². The van der Waals surface area contributed by atoms with Crippen LogP contribution >= 0.6 is 22.6 Å². The number of aromatic nitrogens is 1. The number of hydrogen-bond acceptors (Lipinski definition) is 6. The highest BCUT2D eigenvalue weighted by Crippen LogP contribution is 2.24. The molecule has 1 aliphatic rings. The number of esters is 1. The van der Waals surface area contributed by atoms with Gasteiger partial charge in [-0.3, -0.25) is 19.5 Å². The van der Waals surface area contributed by atoms with E-state index in [1.807, 2.05) is 22.6 Å². The number of amides is 1. The van der Waals surface area contributed by atoms with Crippen LogP contribution in [-0.4, -0.2) is 54.5 Å². The van der Waals surface area contributed by atoms with Gasteiger partial charge in [-0.2, -0.15) is 0 Å². The Morgan fingerprint density at radius 3 is 2.83 bits per heavy atom. The summed E-state index contributed by atoms with van der Waals surface area (Å²) < 4.78 is 19.5. The fourth-order valence-corrected chi connectivity index (χ4v) is 3.54. The van der Waals surface area contributed by atoms with E-state index in [1.165, 1.54) is 25.6 Å². The zero-order valence-corrected chi connectivity index (χ0v) is 18.1. The van der Waals surface area contributed by atoms with Gasteiger partial charge in [-0.1, -0.05) is 0 Å². The third kappa shape index (κ3) is 5.86. The average molecular weight is 512 g/mol. The molecule has 1 saturated heterocycles. The van der Waals surface area contributed by atoms with Gasteiger partial charge in [-0.25, -0.2) is 4.39 Å². The van der Waals surface area contributed by atoms with E-state index in [-0.39, 0.29) is 23.6 Å². The van der Waals surface area contributed by atoms with Crippen LogP contribution in [0.4, 0.5) is 15.8 Å². The smallest absolute Gasteiger partial charge is 0.305 e. The summed E-state index contributed by atoms with van der Waals surface area (Å²) in [5.74, 6) is -0.841. The molecule has 1 aromatic carbocycles. The van der Waals surface area contributed by atoms with E-state index in [2.05, 4.69) is 25.3 Å². The number of ether oxygens (including phenoxy) is 1. The van der Waals surface area contributed by atoms with Crippen molar-refractivity contribution >= 4 is 45.8 Å². The van der Waals surface area contributed by atoms with Crippen molar-refractivity contribution in [2.45, 2.75) is 18.9 Å². The molecule has 2 heterocycles. The number of likely N-dealkylation sites (tertiary alicyclic amines) is 1. The van der Waals surface area contributed by atoms with Crippen molar-refractivity contribution in [3.8, 4) is 0 Å². The SMILES string of the molecule is COC(=O)CCCN1CC(NC(=O)c2ccncc2Nc2ccc(I)cc2F)C1. The first-order chi connectivity index (χ1) is 14.0. The van der Waals surface area contributed by atoms with Crippen molar-refractivity contribution in [1.82, 2.24) is 15.2 Å². The van der Waals surface area contributed by atoms with Crippen LogP contribution in [0.1, 0.15) is 23.2 Å². The molecule has 1 aromatic heterocycles. The molecule has 9 heteroatoms. The molecule has 0 aliphatic carbocycles. The number of hydrogen-bond donors (Lipinski definition) is 2. The van der Waals surface area contributed by atoms with Crippen LogP contribution in [0.3, 0.4) is 0 Å². The Kier molecular flexibility index (Phi) is 7.37. The standard InChI is InChI=1S/C20H22FIN4O3/c1-29-19(27)3-2-8-26-11-14(12-26)24-20(28)15-6-7-23-10-18(15)25-17-5-4-13(22)9-16(17)21/h4-7,9-10,14,25H,2-3,8,11-12H2,1H3,(H,24,28). The van der Waals surface area contributed by atoms with Gasteiger partial charge in [0.05, 0.1) is 36.3 Å². The summed E-state index contributed by atoms with van der Waals surface area (Å²) in [5, 5.41) is 5.94. The molecular weight excluding hydrogens is 490 g/mol. The van der Waals surface area contributed by atoms with Gasteiger partial charge in [-0.05, 0) is 59.8 Å². The van der Waals surface area contributed by atoms with E-state index in [9.17, 15) is 14.0 Å². The molecule has 0 saturated carbocycles. The number of carbonyl (C=O) groups is 2. The zero-order chi connectivity index (χ0) is 20.8. The average Bonchev–Trinajstić information content (AvgIpc) is 2.68. The van der Waals surface area contributed by atoms with Crippen LogP contribution in [-0.2, 0) is 9.53 Å². The molecule has 1 aliphatic heterocycles. The number of rotatable bonds is 8. The second kappa shape index (κ2) is 9.97. The number of anilines is 2. The third-order valence-electron chi connectivity index (χ3n) is 4.64. The number of halogens is 2. The van der Waals surface area contributed by atoms with Gasteiger partial charge in [0, 0.05) is 29.3 Å². The van der Waals surface area contributed by atoms with E-state index in [4.69, 9.17) is 0 Å². The molecule has 0 bridgehead atoms. The lowest BCUT2D eigenvalue weighted by Gasteiger charge is -2.39. The Balaban J connectivity index is 1.54. The molecule has 0 unspecified atom stereocenters. The summed E-state index contributed by atoms with van der Waals surface area (Å²) in [6.45, 7) is 2.24. The van der Waals surface area contributed by atoms with E-state index < -0.39 is 5.82 Å². The Morgan fingerprint density at radius 2 is 2.10 bits per heavy atom. The molecule has 1 amide bonds. The summed E-state index contributed by atoms with van der Waals surface area (Å²) in [5.41, 5.74) is 1.13. The van der Waals surface area contributed by atoms with Crippen molar-refractivity contribution < 1.29 is 18.7 Å². The topological polar surface area (TPSA) is 83.6 Å². The van der Waals surface area contributed by atoms with Crippen molar-refractivity contribution in [3.63, 3.8) is 0 Å². The minimum absolute atomic E-state index is 0.0386. The van der Waals surface area contributed by atoms with Crippen LogP contribution in [0.15, 0.2) is 36.7 Å². The van der Waals surface area contributed by atoms with Gasteiger partial charge in [0.15, 0.2) is 0 Å². The number of pyridine rings is 1. The van der Waals surface area contributed by atoms with Gasteiger partial charge < -0.3 is 15.4 Å². The molecule has 0 radical (unpaired) electrons. The van der Waals surface area contributed by atoms with Crippen LogP contribution in [0.2, 0.25) is 0 Å². The highest BCUT2D eigenvalue weighted by molar-refractivity contribution is 14.1. The van der Waals surface area contributed by atoms with Gasteiger partial charge in [0.25, 0.3) is 5.91 Å². The molecule has 154 valence electrons. The van der Waals surface area contributed by atoms with Gasteiger partial charge >= 0.3 is 5.97 Å². The molecule has 29 heavy (non-hydrogen) atoms. The highest BCUT2D eigenvalue weighted by atomic mass is 127. The number of nitrogens with one attached hydrogen (secondary N) is 2. The molecule has 3 rings (SSSR count). The molecule has 0 spiro atoms. The minimum atomic E-state index is -0.395. The first-order valence-corrected chi connectivity index (χ1v) is 10.3. The van der Waals surface area contributed by atoms with Crippen LogP contribution < -0.4 is 10.6 Å². The van der Waals surface area contributed by atoms with Gasteiger partial charge in [0.2, 0.25) is 0 Å². The highest BCUT2D eigenvalue weighted by Gasteiger charge is 2.28. The number of carbonyl (C=O) groups excluding carboxylic acids is 2. The maximum atomic E-state index is 14.1. The summed E-state index contributed by atoms with van der Waals surface area (Å²) >= 11 is 2.04. The third-order valence-corrected chi connectivity index (χ3v) is 5.31. The van der Waals surface area contributed by atoms with E-state index in [0.717, 1.165) is 29.6 Å². The maximum absolute atomic E-state index is 14.1. The lowest BCUT2D eigenvalue weighted by atomic mass is 10.1. The molecule has 0 atom stereocenters. The second-order valence-electron chi connectivity index (χ2n) is 6.78. The van der Waals surface area contributed by atoms with E-state index in [1.54, 1.807) is 18.2 Å². The van der Waals surface area contributed by atoms with Crippen LogP contribution in [0, 0.1) is 9.39 Å². The predicted octanol–water partition coefficient (Wildman–Crippen LogP) is 2.94. The predicted molar refractivity (Wildman–Crippen MR) is 116 cm³/mol. The largest absolute Gasteiger partial charge is 0.469 e. The maximum Gasteiger partial charge on any atom is 0.305 e. The number of nitrogens with zero attached hydrogens (tertiary/aromatic N) is 2. The molecular formula is C20H22FIN4O3. The summed E-state index contributed by atoms with van der Waals surface area (Å²) in [4.78, 5) is 30.0. The van der Waals surface area contributed by atoms with Gasteiger partial charge in [0.1, 0.15) is 5.82 Å². The van der Waals surface area contributed by atoms with Crippen molar-refractivity contribution in [2.75, 3.05) is 32.1 Å². The molecule has 2 N–H and O–H groups in total. The lowest BCUT2D eigenvalue weighted by Crippen LogP contribution is -2.59. The quantitative estimate of drug-likeness (QED) is 0.418. The van der Waals surface area contributed by atoms with E-state index >= 15 is 0 Å². The Morgan fingerprint density at radius 1 is 1.31 bits per heavy atom. The Hall–Kier alpha value is -2.27. The van der Waals surface area contributed by atoms with E-state index in [0.29, 0.717) is 17.7 Å². The summed E-state index contributed by atoms with van der Waals surface area (Å²) in [6.07, 6.45) is 4.16. The lowest BCUT2D eigenvalue weighted by molar-refractivity contribution is -0.140. The molecule has 7 nitrogen and oxygen atoms in total. The van der Waals surface area contributed by atoms with Gasteiger partial charge in [-0.15, -0.1) is 0 Å². The van der Waals surface area contributed by atoms with Crippen LogP contribution in [0.25, 0.3) is 0 Å². The first kappa shape index (κ1) is 21.4. The Bertz CT molecular complexity index is 890. The van der Waals surface area contributed by atoms with Crippen molar-refractivity contribution in [3.05, 3.63) is 51.6 Å². The van der Waals surface area contributed by atoms with Crippen LogP contribution in [0.5, 0.6) is 0 Å². The summed E-state index contributed by atoms with van der Waals surface area (Å²) in [6, 6.07) is 6.48. The normalized spacial score (nSPS) is 14.2. The monoisotopic (exact) mass is 512 g/mol. The summed E-state index contributed by atoms with van der Waals surface area (Å²) in [7, 11) is 1.38. The van der Waals surface area contributed by atoms with Crippen molar-refractivity contribution in [2.24, 2.45) is 0 Å². The first-order valence-electron chi connectivity index (χ1n) is 9.22. The second-order valence-corrected chi connectivity index (χ2v) is 8.03. The Labute approximate surface area is 182 Å². The zero-order valence-electron chi connectivity index (χ0n) is 16.0. The molecule has 1 fully saturated rings. The fraction of sp³-hybridized carbons (Fsp3) is 0.350. The number of benzene rings is 1. The number of methoxy groups -OCH3 is 1. The molecule has 2 aromatic rings.